The SMILES string of the molecule is CN1CC(=O)N(CC(=O)OCC(=O)Nc2ccc(Br)cc2)C1=O. The number of carbonyl (C=O) groups is 4. The van der Waals surface area contributed by atoms with E-state index in [1.807, 2.05) is 0 Å². The molecular formula is C14H14BrN3O5. The maximum atomic E-state index is 11.7. The van der Waals surface area contributed by atoms with E-state index in [-0.39, 0.29) is 6.54 Å². The van der Waals surface area contributed by atoms with Gasteiger partial charge in [0.05, 0.1) is 0 Å². The molecule has 0 spiro atoms. The largest absolute Gasteiger partial charge is 0.454 e. The predicted molar refractivity (Wildman–Crippen MR) is 83.5 cm³/mol. The molecule has 0 radical (unpaired) electrons. The van der Waals surface area contributed by atoms with Crippen LogP contribution in [0.2, 0.25) is 0 Å². The third-order valence-electron chi connectivity index (χ3n) is 3.01. The molecule has 0 saturated carbocycles. The molecule has 0 atom stereocenters. The van der Waals surface area contributed by atoms with Crippen LogP contribution in [-0.2, 0) is 19.1 Å². The smallest absolute Gasteiger partial charge is 0.327 e. The molecule has 0 aliphatic carbocycles. The molecule has 1 saturated heterocycles. The van der Waals surface area contributed by atoms with E-state index in [1.165, 1.54) is 11.9 Å². The number of halogens is 1. The van der Waals surface area contributed by atoms with Crippen LogP contribution >= 0.6 is 15.9 Å². The Balaban J connectivity index is 1.78. The molecule has 1 aliphatic heterocycles. The summed E-state index contributed by atoms with van der Waals surface area (Å²) in [7, 11) is 1.46. The van der Waals surface area contributed by atoms with Gasteiger partial charge in [0.1, 0.15) is 13.1 Å². The molecule has 1 heterocycles. The summed E-state index contributed by atoms with van der Waals surface area (Å²) in [5, 5.41) is 2.55. The molecule has 2 rings (SSSR count). The second kappa shape index (κ2) is 7.23. The molecule has 9 heteroatoms. The Morgan fingerprint density at radius 3 is 2.48 bits per heavy atom. The summed E-state index contributed by atoms with van der Waals surface area (Å²) in [6.07, 6.45) is 0. The number of carbonyl (C=O) groups excluding carboxylic acids is 4. The van der Waals surface area contributed by atoms with Crippen LogP contribution in [0.4, 0.5) is 10.5 Å². The van der Waals surface area contributed by atoms with Crippen LogP contribution in [0.15, 0.2) is 28.7 Å². The third-order valence-corrected chi connectivity index (χ3v) is 3.54. The number of hydrogen-bond acceptors (Lipinski definition) is 5. The maximum absolute atomic E-state index is 11.7. The molecule has 0 unspecified atom stereocenters. The zero-order valence-corrected chi connectivity index (χ0v) is 13.8. The number of ether oxygens (including phenoxy) is 1. The summed E-state index contributed by atoms with van der Waals surface area (Å²) in [4.78, 5) is 48.4. The second-order valence-electron chi connectivity index (χ2n) is 4.83. The molecule has 122 valence electrons. The van der Waals surface area contributed by atoms with Gasteiger partial charge in [-0.15, -0.1) is 0 Å². The average molecular weight is 384 g/mol. The quantitative estimate of drug-likeness (QED) is 0.599. The van der Waals surface area contributed by atoms with E-state index >= 15 is 0 Å². The minimum atomic E-state index is -0.826. The first-order valence-electron chi connectivity index (χ1n) is 6.63. The van der Waals surface area contributed by atoms with Crippen molar-refractivity contribution >= 4 is 45.4 Å². The topological polar surface area (TPSA) is 96.0 Å². The third kappa shape index (κ3) is 4.52. The van der Waals surface area contributed by atoms with Crippen molar-refractivity contribution < 1.29 is 23.9 Å². The monoisotopic (exact) mass is 383 g/mol. The van der Waals surface area contributed by atoms with Crippen LogP contribution in [0.25, 0.3) is 0 Å². The number of rotatable bonds is 5. The van der Waals surface area contributed by atoms with Gasteiger partial charge in [-0.05, 0) is 24.3 Å². The number of hydrogen-bond donors (Lipinski definition) is 1. The van der Waals surface area contributed by atoms with Crippen LogP contribution in [0.3, 0.4) is 0 Å². The van der Waals surface area contributed by atoms with Crippen molar-refractivity contribution in [3.05, 3.63) is 28.7 Å². The Morgan fingerprint density at radius 1 is 1.26 bits per heavy atom. The van der Waals surface area contributed by atoms with Gasteiger partial charge in [0.2, 0.25) is 0 Å². The summed E-state index contributed by atoms with van der Waals surface area (Å²) in [5.41, 5.74) is 0.556. The van der Waals surface area contributed by atoms with Gasteiger partial charge in [-0.25, -0.2) is 4.79 Å². The molecule has 23 heavy (non-hydrogen) atoms. The lowest BCUT2D eigenvalue weighted by Crippen LogP contribution is -2.37. The highest BCUT2D eigenvalue weighted by Gasteiger charge is 2.35. The Bertz CT molecular complexity index is 646. The number of nitrogens with one attached hydrogen (secondary N) is 1. The Morgan fingerprint density at radius 2 is 1.91 bits per heavy atom. The lowest BCUT2D eigenvalue weighted by Gasteiger charge is -2.13. The van der Waals surface area contributed by atoms with E-state index in [0.717, 1.165) is 9.37 Å². The van der Waals surface area contributed by atoms with Crippen LogP contribution in [0.1, 0.15) is 0 Å². The first-order chi connectivity index (χ1) is 10.9. The fourth-order valence-electron chi connectivity index (χ4n) is 1.88. The number of esters is 1. The highest BCUT2D eigenvalue weighted by atomic mass is 79.9. The van der Waals surface area contributed by atoms with E-state index in [2.05, 4.69) is 21.2 Å². The molecule has 1 aliphatic rings. The predicted octanol–water partition coefficient (Wildman–Crippen LogP) is 0.825. The van der Waals surface area contributed by atoms with Crippen LogP contribution < -0.4 is 5.32 Å². The first-order valence-corrected chi connectivity index (χ1v) is 7.42. The van der Waals surface area contributed by atoms with Crippen molar-refractivity contribution in [2.24, 2.45) is 0 Å². The number of benzene rings is 1. The van der Waals surface area contributed by atoms with Crippen LogP contribution in [0, 0.1) is 0 Å². The highest BCUT2D eigenvalue weighted by Crippen LogP contribution is 2.14. The van der Waals surface area contributed by atoms with Gasteiger partial charge in [-0.3, -0.25) is 19.3 Å². The van der Waals surface area contributed by atoms with E-state index in [0.29, 0.717) is 5.69 Å². The van der Waals surface area contributed by atoms with E-state index in [4.69, 9.17) is 4.74 Å². The molecular weight excluding hydrogens is 370 g/mol. The first kappa shape index (κ1) is 16.9. The number of imide groups is 1. The van der Waals surface area contributed by atoms with Gasteiger partial charge in [-0.1, -0.05) is 15.9 Å². The number of anilines is 1. The van der Waals surface area contributed by atoms with Gasteiger partial charge in [0, 0.05) is 17.2 Å². The normalized spacial score (nSPS) is 14.2. The lowest BCUT2D eigenvalue weighted by molar-refractivity contribution is -0.149. The summed E-state index contributed by atoms with van der Waals surface area (Å²) >= 11 is 3.27. The molecule has 1 N–H and O–H groups in total. The van der Waals surface area contributed by atoms with Gasteiger partial charge >= 0.3 is 12.0 Å². The molecule has 4 amide bonds. The fourth-order valence-corrected chi connectivity index (χ4v) is 2.14. The molecule has 1 fully saturated rings. The summed E-state index contributed by atoms with van der Waals surface area (Å²) in [6, 6.07) is 6.31. The molecule has 0 aromatic heterocycles. The summed E-state index contributed by atoms with van der Waals surface area (Å²) in [6.45, 7) is -1.08. The summed E-state index contributed by atoms with van der Waals surface area (Å²) < 4.78 is 5.64. The standard InChI is InChI=1S/C14H14BrN3O5/c1-17-6-12(20)18(14(17)22)7-13(21)23-8-11(19)16-10-4-2-9(15)3-5-10/h2-5H,6-8H2,1H3,(H,16,19). The van der Waals surface area contributed by atoms with Crippen molar-refractivity contribution in [2.45, 2.75) is 0 Å². The average Bonchev–Trinajstić information content (AvgIpc) is 2.74. The Labute approximate surface area is 140 Å². The van der Waals surface area contributed by atoms with Crippen molar-refractivity contribution in [2.75, 3.05) is 32.1 Å². The van der Waals surface area contributed by atoms with Crippen molar-refractivity contribution in [3.8, 4) is 0 Å². The second-order valence-corrected chi connectivity index (χ2v) is 5.75. The summed E-state index contributed by atoms with van der Waals surface area (Å²) in [5.74, 6) is -1.82. The lowest BCUT2D eigenvalue weighted by atomic mass is 10.3. The van der Waals surface area contributed by atoms with Crippen molar-refractivity contribution in [1.29, 1.82) is 0 Å². The van der Waals surface area contributed by atoms with Gasteiger partial charge in [0.25, 0.3) is 11.8 Å². The molecule has 8 nitrogen and oxygen atoms in total. The number of likely N-dealkylation sites (N-methyl/N-ethyl adjacent to an activating group) is 1. The number of urea groups is 1. The zero-order chi connectivity index (χ0) is 17.0. The van der Waals surface area contributed by atoms with E-state index < -0.39 is 37.0 Å². The fraction of sp³-hybridized carbons (Fsp3) is 0.286. The molecule has 1 aromatic rings. The van der Waals surface area contributed by atoms with Crippen molar-refractivity contribution in [3.63, 3.8) is 0 Å². The van der Waals surface area contributed by atoms with E-state index in [9.17, 15) is 19.2 Å². The van der Waals surface area contributed by atoms with Gasteiger partial charge < -0.3 is 15.0 Å². The number of amides is 4. The van der Waals surface area contributed by atoms with E-state index in [1.54, 1.807) is 24.3 Å². The van der Waals surface area contributed by atoms with Crippen molar-refractivity contribution in [1.82, 2.24) is 9.80 Å². The number of nitrogens with zero attached hydrogens (tertiary/aromatic N) is 2. The minimum absolute atomic E-state index is 0.0732. The molecule has 1 aromatic carbocycles. The minimum Gasteiger partial charge on any atom is -0.454 e. The van der Waals surface area contributed by atoms with Crippen LogP contribution in [0.5, 0.6) is 0 Å². The van der Waals surface area contributed by atoms with Gasteiger partial charge in [-0.2, -0.15) is 0 Å². The Hall–Kier alpha value is -2.42. The van der Waals surface area contributed by atoms with Crippen LogP contribution in [-0.4, -0.2) is 60.4 Å². The molecule has 0 bridgehead atoms. The maximum Gasteiger partial charge on any atom is 0.327 e. The zero-order valence-electron chi connectivity index (χ0n) is 12.2. The Kier molecular flexibility index (Phi) is 5.32. The van der Waals surface area contributed by atoms with Gasteiger partial charge in [0.15, 0.2) is 6.61 Å². The highest BCUT2D eigenvalue weighted by molar-refractivity contribution is 9.10.